The molecule has 6 heteroatoms. The van der Waals surface area contributed by atoms with Crippen molar-refractivity contribution in [2.24, 2.45) is 13.0 Å². The van der Waals surface area contributed by atoms with Crippen molar-refractivity contribution in [2.75, 3.05) is 13.1 Å². The van der Waals surface area contributed by atoms with E-state index >= 15 is 0 Å². The van der Waals surface area contributed by atoms with Crippen molar-refractivity contribution in [3.63, 3.8) is 0 Å². The molecule has 1 unspecified atom stereocenters. The molecule has 1 aromatic carbocycles. The highest BCUT2D eigenvalue weighted by Gasteiger charge is 2.36. The van der Waals surface area contributed by atoms with Crippen LogP contribution < -0.4 is 10.6 Å². The van der Waals surface area contributed by atoms with Gasteiger partial charge in [-0.1, -0.05) is 24.3 Å². The number of nitrogens with zero attached hydrogens (tertiary/aromatic N) is 2. The molecule has 1 fully saturated rings. The Labute approximate surface area is 148 Å². The second-order valence-electron chi connectivity index (χ2n) is 6.62. The van der Waals surface area contributed by atoms with E-state index in [9.17, 15) is 4.79 Å². The maximum Gasteiger partial charge on any atom is 0.225 e. The first-order chi connectivity index (χ1) is 11.2. The lowest BCUT2D eigenvalue weighted by molar-refractivity contribution is -0.125. The minimum atomic E-state index is -0.0213. The average molecular weight is 347 g/mol. The summed E-state index contributed by atoms with van der Waals surface area (Å²) < 4.78 is 1.80. The summed E-state index contributed by atoms with van der Waals surface area (Å²) in [7, 11) is 1.91. The molecule has 1 saturated heterocycles. The van der Waals surface area contributed by atoms with Crippen LogP contribution in [0, 0.1) is 5.92 Å². The third-order valence-electron chi connectivity index (χ3n) is 5.15. The van der Waals surface area contributed by atoms with Crippen molar-refractivity contribution in [1.29, 1.82) is 0 Å². The third-order valence-corrected chi connectivity index (χ3v) is 5.15. The van der Waals surface area contributed by atoms with Crippen LogP contribution in [0.25, 0.3) is 0 Å². The number of aromatic nitrogens is 2. The van der Waals surface area contributed by atoms with Gasteiger partial charge in [0.2, 0.25) is 5.91 Å². The van der Waals surface area contributed by atoms with Gasteiger partial charge in [-0.05, 0) is 29.5 Å². The standard InChI is InChI=1S/C18H22N4O.ClH/c1-22-11-13(8-20-22)15-9-19-10-16(15)18(23)21-17-7-6-12-4-2-3-5-14(12)17;/h2-5,8,11,15-17,19H,6-7,9-10H2,1H3,(H,21,23);1H/t15-,16+,17?;/m1./s1. The zero-order chi connectivity index (χ0) is 15.8. The first kappa shape index (κ1) is 17.0. The quantitative estimate of drug-likeness (QED) is 0.893. The van der Waals surface area contributed by atoms with Gasteiger partial charge >= 0.3 is 0 Å². The van der Waals surface area contributed by atoms with E-state index in [1.807, 2.05) is 19.4 Å². The summed E-state index contributed by atoms with van der Waals surface area (Å²) in [5.41, 5.74) is 3.79. The Hall–Kier alpha value is -1.85. The van der Waals surface area contributed by atoms with Crippen LogP contribution in [0.3, 0.4) is 0 Å². The highest BCUT2D eigenvalue weighted by atomic mass is 35.5. The molecule has 128 valence electrons. The van der Waals surface area contributed by atoms with Gasteiger partial charge in [-0.3, -0.25) is 9.48 Å². The molecule has 2 heterocycles. The van der Waals surface area contributed by atoms with Gasteiger partial charge in [0.1, 0.15) is 0 Å². The Morgan fingerprint density at radius 1 is 1.33 bits per heavy atom. The van der Waals surface area contributed by atoms with Gasteiger partial charge in [0.05, 0.1) is 18.2 Å². The number of nitrogens with one attached hydrogen (secondary N) is 2. The van der Waals surface area contributed by atoms with Crippen molar-refractivity contribution < 1.29 is 4.79 Å². The molecule has 1 amide bonds. The van der Waals surface area contributed by atoms with Gasteiger partial charge in [0.15, 0.2) is 0 Å². The van der Waals surface area contributed by atoms with Crippen LogP contribution in [0.4, 0.5) is 0 Å². The van der Waals surface area contributed by atoms with E-state index in [1.165, 1.54) is 11.1 Å². The Bertz CT molecular complexity index is 729. The number of benzene rings is 1. The number of aryl methyl sites for hydroxylation is 2. The molecule has 24 heavy (non-hydrogen) atoms. The van der Waals surface area contributed by atoms with Crippen LogP contribution in [0.2, 0.25) is 0 Å². The molecular weight excluding hydrogens is 324 g/mol. The molecule has 1 aromatic heterocycles. The van der Waals surface area contributed by atoms with E-state index in [-0.39, 0.29) is 36.2 Å². The van der Waals surface area contributed by atoms with Crippen LogP contribution in [0.15, 0.2) is 36.7 Å². The molecule has 2 aliphatic rings. The van der Waals surface area contributed by atoms with Gasteiger partial charge in [-0.15, -0.1) is 12.4 Å². The Morgan fingerprint density at radius 2 is 2.17 bits per heavy atom. The number of hydrogen-bond donors (Lipinski definition) is 2. The summed E-state index contributed by atoms with van der Waals surface area (Å²) in [6.07, 6.45) is 5.95. The third kappa shape index (κ3) is 3.06. The van der Waals surface area contributed by atoms with Crippen molar-refractivity contribution in [1.82, 2.24) is 20.4 Å². The number of amides is 1. The molecule has 0 bridgehead atoms. The normalized spacial score (nSPS) is 25.1. The SMILES string of the molecule is Cl.Cn1cc([C@H]2CNC[C@@H]2C(=O)NC2CCc3ccccc32)cn1. The smallest absolute Gasteiger partial charge is 0.225 e. The minimum absolute atomic E-state index is 0. The number of carbonyl (C=O) groups excluding carboxylic acids is 1. The molecule has 0 saturated carbocycles. The number of fused-ring (bicyclic) bond motifs is 1. The van der Waals surface area contributed by atoms with Gasteiger partial charge in [0, 0.05) is 32.3 Å². The fourth-order valence-corrected chi connectivity index (χ4v) is 3.92. The predicted molar refractivity (Wildman–Crippen MR) is 95.2 cm³/mol. The van der Waals surface area contributed by atoms with Crippen molar-refractivity contribution >= 4 is 18.3 Å². The van der Waals surface area contributed by atoms with Crippen LogP contribution >= 0.6 is 12.4 Å². The summed E-state index contributed by atoms with van der Waals surface area (Å²) >= 11 is 0. The summed E-state index contributed by atoms with van der Waals surface area (Å²) in [5.74, 6) is 0.345. The molecule has 0 spiro atoms. The second-order valence-corrected chi connectivity index (χ2v) is 6.62. The van der Waals surface area contributed by atoms with E-state index in [1.54, 1.807) is 4.68 Å². The summed E-state index contributed by atoms with van der Waals surface area (Å²) in [5, 5.41) is 10.9. The van der Waals surface area contributed by atoms with Gasteiger partial charge in [0.25, 0.3) is 0 Å². The van der Waals surface area contributed by atoms with Crippen LogP contribution in [-0.2, 0) is 18.3 Å². The van der Waals surface area contributed by atoms with E-state index in [0.717, 1.165) is 31.5 Å². The Kier molecular flexibility index (Phi) is 4.92. The molecule has 1 aliphatic heterocycles. The maximum atomic E-state index is 12.8. The topological polar surface area (TPSA) is 59.0 Å². The van der Waals surface area contributed by atoms with Crippen LogP contribution in [0.1, 0.15) is 35.1 Å². The zero-order valence-corrected chi connectivity index (χ0v) is 14.6. The van der Waals surface area contributed by atoms with E-state index in [2.05, 4.69) is 40.0 Å². The van der Waals surface area contributed by atoms with Crippen LogP contribution in [0.5, 0.6) is 0 Å². The summed E-state index contributed by atoms with van der Waals surface area (Å²) in [6, 6.07) is 8.59. The average Bonchev–Trinajstić information content (AvgIpc) is 3.26. The molecule has 3 atom stereocenters. The fourth-order valence-electron chi connectivity index (χ4n) is 3.92. The maximum absolute atomic E-state index is 12.8. The molecular formula is C18H23ClN4O. The zero-order valence-electron chi connectivity index (χ0n) is 13.7. The molecule has 0 radical (unpaired) electrons. The van der Waals surface area contributed by atoms with Gasteiger partial charge < -0.3 is 10.6 Å². The number of carbonyl (C=O) groups is 1. The van der Waals surface area contributed by atoms with Gasteiger partial charge in [-0.25, -0.2) is 0 Å². The Morgan fingerprint density at radius 3 is 2.96 bits per heavy atom. The lowest BCUT2D eigenvalue weighted by Gasteiger charge is -2.21. The number of rotatable bonds is 3. The molecule has 1 aliphatic carbocycles. The van der Waals surface area contributed by atoms with Crippen molar-refractivity contribution in [2.45, 2.75) is 24.8 Å². The van der Waals surface area contributed by atoms with Gasteiger partial charge in [-0.2, -0.15) is 5.10 Å². The van der Waals surface area contributed by atoms with Crippen molar-refractivity contribution in [3.8, 4) is 0 Å². The first-order valence-electron chi connectivity index (χ1n) is 8.30. The van der Waals surface area contributed by atoms with E-state index in [0.29, 0.717) is 0 Å². The lowest BCUT2D eigenvalue weighted by Crippen LogP contribution is -2.36. The summed E-state index contributed by atoms with van der Waals surface area (Å²) in [4.78, 5) is 12.8. The fraction of sp³-hybridized carbons (Fsp3) is 0.444. The molecule has 2 aromatic rings. The monoisotopic (exact) mass is 346 g/mol. The van der Waals surface area contributed by atoms with E-state index in [4.69, 9.17) is 0 Å². The van der Waals surface area contributed by atoms with Crippen molar-refractivity contribution in [3.05, 3.63) is 53.3 Å². The summed E-state index contributed by atoms with van der Waals surface area (Å²) in [6.45, 7) is 1.57. The largest absolute Gasteiger partial charge is 0.349 e. The molecule has 4 rings (SSSR count). The van der Waals surface area contributed by atoms with E-state index < -0.39 is 0 Å². The minimum Gasteiger partial charge on any atom is -0.349 e. The lowest BCUT2D eigenvalue weighted by atomic mass is 9.90. The second kappa shape index (κ2) is 6.95. The van der Waals surface area contributed by atoms with Crippen LogP contribution in [-0.4, -0.2) is 28.8 Å². The number of halogens is 1. The first-order valence-corrected chi connectivity index (χ1v) is 8.30. The predicted octanol–water partition coefficient (Wildman–Crippen LogP) is 1.95. The Balaban J connectivity index is 0.00000169. The highest BCUT2D eigenvalue weighted by molar-refractivity contribution is 5.85. The number of hydrogen-bond acceptors (Lipinski definition) is 3. The highest BCUT2D eigenvalue weighted by Crippen LogP contribution is 2.33. The molecule has 2 N–H and O–H groups in total. The molecule has 5 nitrogen and oxygen atoms in total.